The Labute approximate surface area is 126 Å². The number of piperidine rings is 1. The molecule has 20 heavy (non-hydrogen) atoms. The summed E-state index contributed by atoms with van der Waals surface area (Å²) in [5, 5.41) is 0. The highest BCUT2D eigenvalue weighted by atomic mass is 15.1. The summed E-state index contributed by atoms with van der Waals surface area (Å²) in [7, 11) is 0. The highest BCUT2D eigenvalue weighted by Gasteiger charge is 2.31. The molecule has 0 radical (unpaired) electrons. The lowest BCUT2D eigenvalue weighted by Crippen LogP contribution is -2.45. The molecule has 0 aromatic carbocycles. The zero-order valence-electron chi connectivity index (χ0n) is 14.2. The molecule has 0 aromatic heterocycles. The largest absolute Gasteiger partial charge is 0.330 e. The van der Waals surface area contributed by atoms with Crippen molar-refractivity contribution in [1.82, 2.24) is 4.90 Å². The average molecular weight is 280 g/mol. The Morgan fingerprint density at radius 3 is 2.25 bits per heavy atom. The fourth-order valence-corrected chi connectivity index (χ4v) is 4.27. The molecule has 1 saturated heterocycles. The second-order valence-corrected chi connectivity index (χ2v) is 8.60. The van der Waals surface area contributed by atoms with E-state index in [0.29, 0.717) is 5.41 Å². The molecule has 1 aliphatic carbocycles. The zero-order chi connectivity index (χ0) is 14.8. The van der Waals surface area contributed by atoms with Gasteiger partial charge in [0.25, 0.3) is 0 Å². The van der Waals surface area contributed by atoms with Crippen molar-refractivity contribution in [1.29, 1.82) is 0 Å². The molecule has 2 aliphatic rings. The van der Waals surface area contributed by atoms with E-state index in [1.54, 1.807) is 0 Å². The minimum Gasteiger partial charge on any atom is -0.330 e. The van der Waals surface area contributed by atoms with Gasteiger partial charge in [0, 0.05) is 13.1 Å². The van der Waals surface area contributed by atoms with E-state index >= 15 is 0 Å². The van der Waals surface area contributed by atoms with Crippen molar-refractivity contribution in [2.45, 2.75) is 59.8 Å². The van der Waals surface area contributed by atoms with Crippen molar-refractivity contribution < 1.29 is 0 Å². The summed E-state index contributed by atoms with van der Waals surface area (Å²) >= 11 is 0. The van der Waals surface area contributed by atoms with Gasteiger partial charge in [0.15, 0.2) is 0 Å². The molecule has 2 fully saturated rings. The molecule has 2 N–H and O–H groups in total. The first-order valence-electron chi connectivity index (χ1n) is 8.82. The summed E-state index contributed by atoms with van der Waals surface area (Å²) in [6.07, 6.45) is 7.12. The molecule has 0 amide bonds. The SMILES string of the molecule is CC1CCN(CC2CCC(C(C)(C)C)CC2)CC1CN. The van der Waals surface area contributed by atoms with Crippen LogP contribution in [0.25, 0.3) is 0 Å². The van der Waals surface area contributed by atoms with Gasteiger partial charge in [-0.25, -0.2) is 0 Å². The molecule has 1 aliphatic heterocycles. The maximum atomic E-state index is 5.93. The van der Waals surface area contributed by atoms with Crippen molar-refractivity contribution in [2.75, 3.05) is 26.2 Å². The van der Waals surface area contributed by atoms with Crippen LogP contribution in [0.3, 0.4) is 0 Å². The smallest absolute Gasteiger partial charge is 0.00244 e. The van der Waals surface area contributed by atoms with Gasteiger partial charge < -0.3 is 10.6 Å². The van der Waals surface area contributed by atoms with Crippen LogP contribution in [0.1, 0.15) is 59.8 Å². The van der Waals surface area contributed by atoms with Crippen molar-refractivity contribution in [3.05, 3.63) is 0 Å². The van der Waals surface area contributed by atoms with Gasteiger partial charge in [-0.05, 0) is 74.3 Å². The van der Waals surface area contributed by atoms with Crippen molar-refractivity contribution >= 4 is 0 Å². The maximum absolute atomic E-state index is 5.93. The van der Waals surface area contributed by atoms with Crippen LogP contribution < -0.4 is 5.73 Å². The van der Waals surface area contributed by atoms with Gasteiger partial charge in [-0.15, -0.1) is 0 Å². The van der Waals surface area contributed by atoms with E-state index in [4.69, 9.17) is 5.73 Å². The number of hydrogen-bond acceptors (Lipinski definition) is 2. The van der Waals surface area contributed by atoms with Gasteiger partial charge >= 0.3 is 0 Å². The standard InChI is InChI=1S/C18H36N2/c1-14-9-10-20(13-16(14)11-19)12-15-5-7-17(8-6-15)18(2,3)4/h14-17H,5-13,19H2,1-4H3. The molecule has 0 spiro atoms. The number of nitrogens with two attached hydrogens (primary N) is 1. The Morgan fingerprint density at radius 1 is 1.05 bits per heavy atom. The Hall–Kier alpha value is -0.0800. The molecule has 2 unspecified atom stereocenters. The fourth-order valence-electron chi connectivity index (χ4n) is 4.27. The summed E-state index contributed by atoms with van der Waals surface area (Å²) in [5.74, 6) is 3.44. The third kappa shape index (κ3) is 4.21. The Kier molecular flexibility index (Phi) is 5.53. The van der Waals surface area contributed by atoms with Gasteiger partial charge in [-0.2, -0.15) is 0 Å². The maximum Gasteiger partial charge on any atom is 0.00244 e. The third-order valence-corrected chi connectivity index (χ3v) is 6.09. The van der Waals surface area contributed by atoms with E-state index in [0.717, 1.165) is 30.2 Å². The Bertz CT molecular complexity index is 286. The number of nitrogens with zero attached hydrogens (tertiary/aromatic N) is 1. The normalized spacial score (nSPS) is 37.0. The molecular formula is C18H36N2. The van der Waals surface area contributed by atoms with Crippen LogP contribution in [-0.4, -0.2) is 31.1 Å². The van der Waals surface area contributed by atoms with Crippen LogP contribution in [0.4, 0.5) is 0 Å². The quantitative estimate of drug-likeness (QED) is 0.853. The minimum atomic E-state index is 0.510. The number of hydrogen-bond donors (Lipinski definition) is 1. The lowest BCUT2D eigenvalue weighted by Gasteiger charge is -2.41. The zero-order valence-corrected chi connectivity index (χ0v) is 14.2. The fraction of sp³-hybridized carbons (Fsp3) is 1.00. The van der Waals surface area contributed by atoms with Crippen LogP contribution in [0.15, 0.2) is 0 Å². The second kappa shape index (κ2) is 6.79. The summed E-state index contributed by atoms with van der Waals surface area (Å²) in [4.78, 5) is 2.71. The minimum absolute atomic E-state index is 0.510. The van der Waals surface area contributed by atoms with Crippen LogP contribution >= 0.6 is 0 Å². The van der Waals surface area contributed by atoms with Gasteiger partial charge in [-0.3, -0.25) is 0 Å². The molecule has 1 heterocycles. The lowest BCUT2D eigenvalue weighted by molar-refractivity contribution is 0.0858. The average Bonchev–Trinajstić information content (AvgIpc) is 2.40. The molecule has 1 saturated carbocycles. The summed E-state index contributed by atoms with van der Waals surface area (Å²) in [6.45, 7) is 14.4. The molecule has 0 aromatic rings. The highest BCUT2D eigenvalue weighted by molar-refractivity contribution is 4.84. The molecule has 2 rings (SSSR count). The molecule has 2 heteroatoms. The summed E-state index contributed by atoms with van der Waals surface area (Å²) in [5.41, 5.74) is 6.44. The molecule has 2 atom stereocenters. The van der Waals surface area contributed by atoms with Crippen molar-refractivity contribution in [2.24, 2.45) is 34.8 Å². The van der Waals surface area contributed by atoms with E-state index in [1.165, 1.54) is 51.7 Å². The van der Waals surface area contributed by atoms with E-state index in [9.17, 15) is 0 Å². The Balaban J connectivity index is 1.76. The predicted octanol–water partition coefficient (Wildman–Crippen LogP) is 3.76. The monoisotopic (exact) mass is 280 g/mol. The lowest BCUT2D eigenvalue weighted by atomic mass is 9.69. The van der Waals surface area contributed by atoms with Gasteiger partial charge in [0.05, 0.1) is 0 Å². The van der Waals surface area contributed by atoms with Crippen LogP contribution in [-0.2, 0) is 0 Å². The first-order valence-corrected chi connectivity index (χ1v) is 8.82. The van der Waals surface area contributed by atoms with Crippen molar-refractivity contribution in [3.8, 4) is 0 Å². The van der Waals surface area contributed by atoms with E-state index in [-0.39, 0.29) is 0 Å². The van der Waals surface area contributed by atoms with Gasteiger partial charge in [0.2, 0.25) is 0 Å². The van der Waals surface area contributed by atoms with Crippen LogP contribution in [0.2, 0.25) is 0 Å². The highest BCUT2D eigenvalue weighted by Crippen LogP contribution is 2.40. The van der Waals surface area contributed by atoms with Crippen LogP contribution in [0.5, 0.6) is 0 Å². The summed E-state index contributed by atoms with van der Waals surface area (Å²) in [6, 6.07) is 0. The molecular weight excluding hydrogens is 244 g/mol. The Morgan fingerprint density at radius 2 is 1.70 bits per heavy atom. The summed E-state index contributed by atoms with van der Waals surface area (Å²) < 4.78 is 0. The topological polar surface area (TPSA) is 29.3 Å². The van der Waals surface area contributed by atoms with Crippen molar-refractivity contribution in [3.63, 3.8) is 0 Å². The van der Waals surface area contributed by atoms with Gasteiger partial charge in [-0.1, -0.05) is 27.7 Å². The number of likely N-dealkylation sites (tertiary alicyclic amines) is 1. The molecule has 2 nitrogen and oxygen atoms in total. The van der Waals surface area contributed by atoms with E-state index in [2.05, 4.69) is 32.6 Å². The molecule has 0 bridgehead atoms. The van der Waals surface area contributed by atoms with E-state index < -0.39 is 0 Å². The molecule has 118 valence electrons. The number of rotatable bonds is 3. The van der Waals surface area contributed by atoms with E-state index in [1.807, 2.05) is 0 Å². The van der Waals surface area contributed by atoms with Crippen LogP contribution in [0, 0.1) is 29.1 Å². The predicted molar refractivity (Wildman–Crippen MR) is 87.7 cm³/mol. The third-order valence-electron chi connectivity index (χ3n) is 6.09. The first-order chi connectivity index (χ1) is 9.40. The van der Waals surface area contributed by atoms with Gasteiger partial charge in [0.1, 0.15) is 0 Å². The first kappa shape index (κ1) is 16.3. The second-order valence-electron chi connectivity index (χ2n) is 8.60.